The molecule has 0 saturated heterocycles. The summed E-state index contributed by atoms with van der Waals surface area (Å²) in [7, 11) is 0. The highest BCUT2D eigenvalue weighted by molar-refractivity contribution is 9.09. The second-order valence-electron chi connectivity index (χ2n) is 5.76. The van der Waals surface area contributed by atoms with Crippen LogP contribution in [0.4, 0.5) is 0 Å². The van der Waals surface area contributed by atoms with E-state index in [0.29, 0.717) is 10.8 Å². The molecule has 0 spiro atoms. The standard InChI is InChI=1S/C11H23Br/c1-10(2,3)9(7-8-12)11(4,5)6/h9H,7-8H2,1-6H3. The van der Waals surface area contributed by atoms with Crippen molar-refractivity contribution in [2.75, 3.05) is 5.33 Å². The van der Waals surface area contributed by atoms with Crippen LogP contribution < -0.4 is 0 Å². The fourth-order valence-electron chi connectivity index (χ4n) is 2.27. The molecule has 0 unspecified atom stereocenters. The zero-order valence-electron chi connectivity index (χ0n) is 9.37. The Bertz CT molecular complexity index is 111. The zero-order chi connectivity index (χ0) is 9.99. The first kappa shape index (κ1) is 12.5. The van der Waals surface area contributed by atoms with E-state index in [1.165, 1.54) is 6.42 Å². The molecule has 0 radical (unpaired) electrons. The van der Waals surface area contributed by atoms with Crippen molar-refractivity contribution >= 4 is 15.9 Å². The molecule has 0 aliphatic heterocycles. The molecule has 0 aliphatic carbocycles. The minimum absolute atomic E-state index is 0.423. The molecule has 74 valence electrons. The van der Waals surface area contributed by atoms with Gasteiger partial charge in [0.15, 0.2) is 0 Å². The minimum Gasteiger partial charge on any atom is -0.0928 e. The van der Waals surface area contributed by atoms with E-state index in [-0.39, 0.29) is 0 Å². The molecular weight excluding hydrogens is 212 g/mol. The monoisotopic (exact) mass is 234 g/mol. The van der Waals surface area contributed by atoms with E-state index in [1.54, 1.807) is 0 Å². The number of rotatable bonds is 2. The second kappa shape index (κ2) is 4.13. The Hall–Kier alpha value is 0.480. The van der Waals surface area contributed by atoms with Crippen LogP contribution in [0.1, 0.15) is 48.0 Å². The molecule has 0 aromatic heterocycles. The van der Waals surface area contributed by atoms with Crippen LogP contribution in [-0.2, 0) is 0 Å². The van der Waals surface area contributed by atoms with Crippen LogP contribution in [0.15, 0.2) is 0 Å². The van der Waals surface area contributed by atoms with Gasteiger partial charge in [0, 0.05) is 5.33 Å². The summed E-state index contributed by atoms with van der Waals surface area (Å²) in [6.07, 6.45) is 1.27. The first-order valence-electron chi connectivity index (χ1n) is 4.75. The SMILES string of the molecule is CC(C)(C)C(CCBr)C(C)(C)C. The Morgan fingerprint density at radius 1 is 0.917 bits per heavy atom. The van der Waals surface area contributed by atoms with Crippen LogP contribution in [0.2, 0.25) is 0 Å². The number of hydrogen-bond donors (Lipinski definition) is 0. The van der Waals surface area contributed by atoms with Gasteiger partial charge in [0.2, 0.25) is 0 Å². The summed E-state index contributed by atoms with van der Waals surface area (Å²) in [6, 6.07) is 0. The normalized spacial score (nSPS) is 14.0. The third-order valence-electron chi connectivity index (χ3n) is 2.49. The second-order valence-corrected chi connectivity index (χ2v) is 6.56. The van der Waals surface area contributed by atoms with Gasteiger partial charge < -0.3 is 0 Å². The molecule has 0 N–H and O–H groups in total. The lowest BCUT2D eigenvalue weighted by atomic mass is 9.65. The van der Waals surface area contributed by atoms with Crippen LogP contribution in [0.3, 0.4) is 0 Å². The van der Waals surface area contributed by atoms with E-state index in [9.17, 15) is 0 Å². The van der Waals surface area contributed by atoms with Crippen LogP contribution in [0.25, 0.3) is 0 Å². The van der Waals surface area contributed by atoms with Crippen molar-refractivity contribution in [2.24, 2.45) is 16.7 Å². The van der Waals surface area contributed by atoms with Crippen molar-refractivity contribution in [3.8, 4) is 0 Å². The fourth-order valence-corrected chi connectivity index (χ4v) is 2.73. The Balaban J connectivity index is 4.45. The van der Waals surface area contributed by atoms with E-state index in [0.717, 1.165) is 11.2 Å². The highest BCUT2D eigenvalue weighted by Crippen LogP contribution is 2.42. The predicted molar refractivity (Wildman–Crippen MR) is 60.8 cm³/mol. The van der Waals surface area contributed by atoms with E-state index in [2.05, 4.69) is 57.5 Å². The molecule has 0 bridgehead atoms. The van der Waals surface area contributed by atoms with E-state index < -0.39 is 0 Å². The Morgan fingerprint density at radius 3 is 1.33 bits per heavy atom. The van der Waals surface area contributed by atoms with Crippen molar-refractivity contribution in [2.45, 2.75) is 48.0 Å². The maximum atomic E-state index is 3.53. The number of hydrogen-bond acceptors (Lipinski definition) is 0. The average molecular weight is 235 g/mol. The summed E-state index contributed by atoms with van der Waals surface area (Å²) >= 11 is 3.53. The van der Waals surface area contributed by atoms with Crippen molar-refractivity contribution < 1.29 is 0 Å². The molecule has 0 saturated carbocycles. The molecular formula is C11H23Br. The number of halogens is 1. The van der Waals surface area contributed by atoms with Gasteiger partial charge in [-0.1, -0.05) is 57.5 Å². The van der Waals surface area contributed by atoms with Gasteiger partial charge in [-0.3, -0.25) is 0 Å². The first-order chi connectivity index (χ1) is 5.19. The van der Waals surface area contributed by atoms with Crippen LogP contribution >= 0.6 is 15.9 Å². The lowest BCUT2D eigenvalue weighted by Gasteiger charge is -2.40. The molecule has 0 aromatic rings. The first-order valence-corrected chi connectivity index (χ1v) is 5.87. The molecule has 1 heteroatoms. The molecule has 0 atom stereocenters. The summed E-state index contributed by atoms with van der Waals surface area (Å²) in [6.45, 7) is 14.0. The van der Waals surface area contributed by atoms with Crippen LogP contribution in [0, 0.1) is 16.7 Å². The van der Waals surface area contributed by atoms with E-state index in [4.69, 9.17) is 0 Å². The molecule has 0 aliphatic rings. The smallest absolute Gasteiger partial charge is 0.00343 e. The number of alkyl halides is 1. The summed E-state index contributed by atoms with van der Waals surface area (Å²) in [5.41, 5.74) is 0.845. The minimum atomic E-state index is 0.423. The molecule has 0 amide bonds. The summed E-state index contributed by atoms with van der Waals surface area (Å²) < 4.78 is 0. The lowest BCUT2D eigenvalue weighted by molar-refractivity contribution is 0.0994. The van der Waals surface area contributed by atoms with Gasteiger partial charge in [0.25, 0.3) is 0 Å². The molecule has 0 fully saturated rings. The van der Waals surface area contributed by atoms with Gasteiger partial charge in [0.1, 0.15) is 0 Å². The zero-order valence-corrected chi connectivity index (χ0v) is 11.0. The van der Waals surface area contributed by atoms with Gasteiger partial charge in [-0.05, 0) is 23.2 Å². The Morgan fingerprint density at radius 2 is 1.25 bits per heavy atom. The van der Waals surface area contributed by atoms with Gasteiger partial charge in [-0.15, -0.1) is 0 Å². The topological polar surface area (TPSA) is 0 Å². The van der Waals surface area contributed by atoms with Crippen molar-refractivity contribution in [1.82, 2.24) is 0 Å². The third-order valence-corrected chi connectivity index (χ3v) is 2.95. The molecule has 0 nitrogen and oxygen atoms in total. The van der Waals surface area contributed by atoms with Crippen molar-refractivity contribution in [3.63, 3.8) is 0 Å². The van der Waals surface area contributed by atoms with Crippen LogP contribution in [-0.4, -0.2) is 5.33 Å². The molecule has 0 aromatic carbocycles. The summed E-state index contributed by atoms with van der Waals surface area (Å²) in [4.78, 5) is 0. The van der Waals surface area contributed by atoms with Gasteiger partial charge in [-0.2, -0.15) is 0 Å². The average Bonchev–Trinajstić information content (AvgIpc) is 1.77. The van der Waals surface area contributed by atoms with Crippen LogP contribution in [0.5, 0.6) is 0 Å². The van der Waals surface area contributed by atoms with E-state index >= 15 is 0 Å². The highest BCUT2D eigenvalue weighted by Gasteiger charge is 2.33. The maximum Gasteiger partial charge on any atom is 0.00343 e. The molecule has 0 rings (SSSR count). The Kier molecular flexibility index (Phi) is 4.29. The van der Waals surface area contributed by atoms with Crippen molar-refractivity contribution in [3.05, 3.63) is 0 Å². The van der Waals surface area contributed by atoms with Gasteiger partial charge in [-0.25, -0.2) is 0 Å². The van der Waals surface area contributed by atoms with Crippen molar-refractivity contribution in [1.29, 1.82) is 0 Å². The largest absolute Gasteiger partial charge is 0.0928 e. The Labute approximate surface area is 86.3 Å². The van der Waals surface area contributed by atoms with E-state index in [1.807, 2.05) is 0 Å². The lowest BCUT2D eigenvalue weighted by Crippen LogP contribution is -2.32. The predicted octanol–water partition coefficient (Wildman–Crippen LogP) is 4.48. The summed E-state index contributed by atoms with van der Waals surface area (Å²) in [5, 5.41) is 1.12. The third kappa shape index (κ3) is 3.93. The summed E-state index contributed by atoms with van der Waals surface area (Å²) in [5.74, 6) is 0.782. The highest BCUT2D eigenvalue weighted by atomic mass is 79.9. The molecule has 0 heterocycles. The molecule has 12 heavy (non-hydrogen) atoms. The fraction of sp³-hybridized carbons (Fsp3) is 1.00. The quantitative estimate of drug-likeness (QED) is 0.619. The van der Waals surface area contributed by atoms with Gasteiger partial charge >= 0.3 is 0 Å². The van der Waals surface area contributed by atoms with Gasteiger partial charge in [0.05, 0.1) is 0 Å². The maximum absolute atomic E-state index is 3.53.